The van der Waals surface area contributed by atoms with Gasteiger partial charge < -0.3 is 9.88 Å². The second-order valence-corrected chi connectivity index (χ2v) is 8.33. The Hall–Kier alpha value is -0.830. The van der Waals surface area contributed by atoms with Crippen molar-refractivity contribution in [3.8, 4) is 0 Å². The monoisotopic (exact) mass is 287 g/mol. The first-order valence-electron chi connectivity index (χ1n) is 8.85. The van der Waals surface area contributed by atoms with Crippen LogP contribution in [0.4, 0.5) is 0 Å². The Bertz CT molecular complexity index is 443. The van der Waals surface area contributed by atoms with Crippen molar-refractivity contribution in [2.75, 3.05) is 0 Å². The van der Waals surface area contributed by atoms with Crippen molar-refractivity contribution >= 4 is 0 Å². The molecule has 0 spiro atoms. The Morgan fingerprint density at radius 2 is 1.76 bits per heavy atom. The van der Waals surface area contributed by atoms with Crippen molar-refractivity contribution in [2.24, 2.45) is 23.2 Å². The van der Waals surface area contributed by atoms with Crippen LogP contribution in [0.25, 0.3) is 0 Å². The van der Waals surface area contributed by atoms with Gasteiger partial charge in [0.25, 0.3) is 0 Å². The maximum absolute atomic E-state index is 4.14. The van der Waals surface area contributed by atoms with Gasteiger partial charge in [0, 0.05) is 31.0 Å². The van der Waals surface area contributed by atoms with E-state index in [2.05, 4.69) is 34.9 Å². The molecule has 0 amide bonds. The predicted molar refractivity (Wildman–Crippen MR) is 84.9 cm³/mol. The lowest BCUT2D eigenvalue weighted by Crippen LogP contribution is -2.56. The number of imidazole rings is 1. The van der Waals surface area contributed by atoms with E-state index >= 15 is 0 Å². The van der Waals surface area contributed by atoms with Crippen molar-refractivity contribution in [1.29, 1.82) is 0 Å². The molecule has 0 radical (unpaired) electrons. The highest BCUT2D eigenvalue weighted by Crippen LogP contribution is 2.61. The molecule has 4 fully saturated rings. The number of rotatable bonds is 5. The summed E-state index contributed by atoms with van der Waals surface area (Å²) in [6.45, 7) is 5.80. The highest BCUT2D eigenvalue weighted by Gasteiger charge is 2.53. The summed E-state index contributed by atoms with van der Waals surface area (Å²) in [4.78, 5) is 4.14. The summed E-state index contributed by atoms with van der Waals surface area (Å²) >= 11 is 0. The van der Waals surface area contributed by atoms with Crippen molar-refractivity contribution in [3.05, 3.63) is 18.7 Å². The maximum atomic E-state index is 4.14. The SMILES string of the molecule is CC(Cn1ccnc1)NC(C)C12CC3CC(CC(C3)C1)C2. The van der Waals surface area contributed by atoms with Crippen LogP contribution >= 0.6 is 0 Å². The summed E-state index contributed by atoms with van der Waals surface area (Å²) in [6.07, 6.45) is 14.9. The molecule has 2 unspecified atom stereocenters. The van der Waals surface area contributed by atoms with Crippen LogP contribution in [0.3, 0.4) is 0 Å². The van der Waals surface area contributed by atoms with Crippen LogP contribution in [0.5, 0.6) is 0 Å². The molecule has 0 saturated heterocycles. The molecule has 1 N–H and O–H groups in total. The van der Waals surface area contributed by atoms with Gasteiger partial charge in [-0.25, -0.2) is 4.98 Å². The third kappa shape index (κ3) is 2.54. The molecule has 116 valence electrons. The van der Waals surface area contributed by atoms with Crippen molar-refractivity contribution in [1.82, 2.24) is 14.9 Å². The first-order valence-corrected chi connectivity index (χ1v) is 8.85. The van der Waals surface area contributed by atoms with Crippen LogP contribution in [-0.2, 0) is 6.54 Å². The van der Waals surface area contributed by atoms with Gasteiger partial charge in [-0.3, -0.25) is 0 Å². The summed E-state index contributed by atoms with van der Waals surface area (Å²) in [7, 11) is 0. The van der Waals surface area contributed by atoms with E-state index in [0.29, 0.717) is 17.5 Å². The summed E-state index contributed by atoms with van der Waals surface area (Å²) in [5.74, 6) is 3.14. The number of aromatic nitrogens is 2. The molecule has 1 heterocycles. The van der Waals surface area contributed by atoms with Crippen LogP contribution in [0.15, 0.2) is 18.7 Å². The average molecular weight is 287 g/mol. The lowest BCUT2D eigenvalue weighted by molar-refractivity contribution is -0.0720. The Morgan fingerprint density at radius 1 is 1.14 bits per heavy atom. The van der Waals surface area contributed by atoms with Gasteiger partial charge in [-0.05, 0) is 75.5 Å². The van der Waals surface area contributed by atoms with Gasteiger partial charge in [-0.1, -0.05) is 0 Å². The van der Waals surface area contributed by atoms with E-state index in [1.807, 2.05) is 12.5 Å². The Labute approximate surface area is 128 Å². The second-order valence-electron chi connectivity index (χ2n) is 8.33. The molecule has 0 aliphatic heterocycles. The van der Waals surface area contributed by atoms with Crippen LogP contribution in [0.2, 0.25) is 0 Å². The third-order valence-electron chi connectivity index (χ3n) is 6.58. The molecule has 3 heteroatoms. The van der Waals surface area contributed by atoms with Crippen molar-refractivity contribution in [3.63, 3.8) is 0 Å². The molecule has 1 aromatic rings. The smallest absolute Gasteiger partial charge is 0.0946 e. The van der Waals surface area contributed by atoms with E-state index in [1.54, 1.807) is 0 Å². The molecule has 0 aromatic carbocycles. The number of nitrogens with zero attached hydrogens (tertiary/aromatic N) is 2. The van der Waals surface area contributed by atoms with E-state index in [-0.39, 0.29) is 0 Å². The molecule has 1 aromatic heterocycles. The zero-order valence-electron chi connectivity index (χ0n) is 13.5. The minimum atomic E-state index is 0.516. The van der Waals surface area contributed by atoms with Gasteiger partial charge >= 0.3 is 0 Å². The minimum absolute atomic E-state index is 0.516. The average Bonchev–Trinajstić information content (AvgIpc) is 2.89. The summed E-state index contributed by atoms with van der Waals surface area (Å²) in [5.41, 5.74) is 0.609. The first kappa shape index (κ1) is 13.8. The molecule has 4 aliphatic carbocycles. The highest BCUT2D eigenvalue weighted by atomic mass is 15.1. The zero-order chi connectivity index (χ0) is 14.4. The number of hydrogen-bond acceptors (Lipinski definition) is 2. The highest BCUT2D eigenvalue weighted by molar-refractivity contribution is 5.05. The van der Waals surface area contributed by atoms with Gasteiger partial charge in [0.05, 0.1) is 6.33 Å². The molecule has 3 nitrogen and oxygen atoms in total. The zero-order valence-corrected chi connectivity index (χ0v) is 13.5. The molecule has 2 atom stereocenters. The van der Waals surface area contributed by atoms with Gasteiger partial charge in [0.15, 0.2) is 0 Å². The van der Waals surface area contributed by atoms with Gasteiger partial charge in [0.1, 0.15) is 0 Å². The van der Waals surface area contributed by atoms with Crippen LogP contribution < -0.4 is 5.32 Å². The molecule has 4 bridgehead atoms. The van der Waals surface area contributed by atoms with Crippen LogP contribution in [0.1, 0.15) is 52.4 Å². The fraction of sp³-hybridized carbons (Fsp3) is 0.833. The molecule has 5 rings (SSSR count). The van der Waals surface area contributed by atoms with Gasteiger partial charge in [-0.2, -0.15) is 0 Å². The van der Waals surface area contributed by atoms with E-state index in [9.17, 15) is 0 Å². The second kappa shape index (κ2) is 5.12. The number of nitrogens with one attached hydrogen (secondary N) is 1. The molecule has 21 heavy (non-hydrogen) atoms. The van der Waals surface area contributed by atoms with E-state index in [4.69, 9.17) is 0 Å². The fourth-order valence-electron chi connectivity index (χ4n) is 6.08. The van der Waals surface area contributed by atoms with E-state index in [0.717, 1.165) is 24.3 Å². The Morgan fingerprint density at radius 3 is 2.29 bits per heavy atom. The quantitative estimate of drug-likeness (QED) is 0.898. The lowest BCUT2D eigenvalue weighted by atomic mass is 9.48. The molecule has 4 saturated carbocycles. The van der Waals surface area contributed by atoms with Crippen molar-refractivity contribution in [2.45, 2.75) is 71.0 Å². The molecular formula is C18H29N3. The fourth-order valence-corrected chi connectivity index (χ4v) is 6.08. The minimum Gasteiger partial charge on any atom is -0.336 e. The maximum Gasteiger partial charge on any atom is 0.0946 e. The topological polar surface area (TPSA) is 29.9 Å². The van der Waals surface area contributed by atoms with E-state index in [1.165, 1.54) is 38.5 Å². The summed E-state index contributed by atoms with van der Waals surface area (Å²) in [6, 6.07) is 1.17. The van der Waals surface area contributed by atoms with E-state index < -0.39 is 0 Å². The van der Waals surface area contributed by atoms with Crippen LogP contribution in [0, 0.1) is 23.2 Å². The van der Waals surface area contributed by atoms with Gasteiger partial charge in [0.2, 0.25) is 0 Å². The summed E-state index contributed by atoms with van der Waals surface area (Å²) < 4.78 is 2.18. The van der Waals surface area contributed by atoms with Gasteiger partial charge in [-0.15, -0.1) is 0 Å². The Balaban J connectivity index is 1.41. The standard InChI is InChI=1S/C18H29N3/c1-13(11-21-4-3-19-12-21)20-14(2)18-8-15-5-16(9-18)7-17(6-15)10-18/h3-4,12-17,20H,5-11H2,1-2H3. The lowest BCUT2D eigenvalue weighted by Gasteiger charge is -2.59. The van der Waals surface area contributed by atoms with Crippen molar-refractivity contribution < 1.29 is 0 Å². The summed E-state index contributed by atoms with van der Waals surface area (Å²) in [5, 5.41) is 3.93. The predicted octanol–water partition coefficient (Wildman–Crippen LogP) is 3.47. The first-order chi connectivity index (χ1) is 10.1. The third-order valence-corrected chi connectivity index (χ3v) is 6.58. The number of hydrogen-bond donors (Lipinski definition) is 1. The largest absolute Gasteiger partial charge is 0.336 e. The molecule has 4 aliphatic rings. The normalized spacial score (nSPS) is 40.4. The van der Waals surface area contributed by atoms with Crippen LogP contribution in [-0.4, -0.2) is 21.6 Å². The Kier molecular flexibility index (Phi) is 3.36. The molecular weight excluding hydrogens is 258 g/mol.